The highest BCUT2D eigenvalue weighted by Crippen LogP contribution is 2.27. The fourth-order valence-electron chi connectivity index (χ4n) is 3.50. The third-order valence-corrected chi connectivity index (χ3v) is 4.79. The number of nitrogens with zero attached hydrogens (tertiary/aromatic N) is 1. The predicted molar refractivity (Wildman–Crippen MR) is 92.7 cm³/mol. The molecular formula is C20H19FN2O. The van der Waals surface area contributed by atoms with Crippen LogP contribution in [0, 0.1) is 12.7 Å². The SMILES string of the molecule is Cc1ccc2[nH]c3c(c2c1)CCN(C(=O)c1ccc(F)cc1)CC3. The van der Waals surface area contributed by atoms with E-state index >= 15 is 0 Å². The number of benzene rings is 2. The first kappa shape index (κ1) is 14.9. The molecule has 1 aliphatic rings. The van der Waals surface area contributed by atoms with Crippen LogP contribution < -0.4 is 0 Å². The smallest absolute Gasteiger partial charge is 0.253 e. The van der Waals surface area contributed by atoms with Gasteiger partial charge < -0.3 is 9.88 Å². The Morgan fingerprint density at radius 2 is 1.83 bits per heavy atom. The van der Waals surface area contributed by atoms with Crippen LogP contribution in [0.2, 0.25) is 0 Å². The van der Waals surface area contributed by atoms with Gasteiger partial charge in [0.15, 0.2) is 0 Å². The summed E-state index contributed by atoms with van der Waals surface area (Å²) >= 11 is 0. The monoisotopic (exact) mass is 322 g/mol. The van der Waals surface area contributed by atoms with Crippen LogP contribution in [-0.2, 0) is 12.8 Å². The number of amides is 1. The van der Waals surface area contributed by atoms with Crippen molar-refractivity contribution in [2.75, 3.05) is 13.1 Å². The van der Waals surface area contributed by atoms with Crippen molar-refractivity contribution in [1.82, 2.24) is 9.88 Å². The number of H-pyrrole nitrogens is 1. The van der Waals surface area contributed by atoms with Crippen molar-refractivity contribution in [3.05, 3.63) is 70.7 Å². The quantitative estimate of drug-likeness (QED) is 0.726. The maximum Gasteiger partial charge on any atom is 0.253 e. The van der Waals surface area contributed by atoms with Crippen molar-refractivity contribution in [1.29, 1.82) is 0 Å². The first-order valence-electron chi connectivity index (χ1n) is 8.27. The molecule has 122 valence electrons. The average Bonchev–Trinajstić information content (AvgIpc) is 2.78. The molecule has 1 N–H and O–H groups in total. The average molecular weight is 322 g/mol. The normalized spacial score (nSPS) is 14.5. The van der Waals surface area contributed by atoms with Crippen LogP contribution in [0.5, 0.6) is 0 Å². The minimum absolute atomic E-state index is 0.0272. The molecule has 0 saturated carbocycles. The van der Waals surface area contributed by atoms with E-state index in [1.54, 1.807) is 12.1 Å². The molecule has 4 heteroatoms. The number of aromatic nitrogens is 1. The molecule has 0 bridgehead atoms. The number of halogens is 1. The lowest BCUT2D eigenvalue weighted by molar-refractivity contribution is 0.0763. The molecule has 0 fully saturated rings. The summed E-state index contributed by atoms with van der Waals surface area (Å²) in [5.74, 6) is -0.347. The number of fused-ring (bicyclic) bond motifs is 3. The third kappa shape index (κ3) is 2.58. The summed E-state index contributed by atoms with van der Waals surface area (Å²) in [6, 6.07) is 12.2. The Kier molecular flexibility index (Phi) is 3.60. The minimum atomic E-state index is -0.320. The Hall–Kier alpha value is -2.62. The molecule has 2 heterocycles. The van der Waals surface area contributed by atoms with Gasteiger partial charge >= 0.3 is 0 Å². The first-order chi connectivity index (χ1) is 11.6. The zero-order chi connectivity index (χ0) is 16.7. The van der Waals surface area contributed by atoms with E-state index in [2.05, 4.69) is 30.1 Å². The number of hydrogen-bond acceptors (Lipinski definition) is 1. The van der Waals surface area contributed by atoms with Gasteiger partial charge in [0.2, 0.25) is 0 Å². The highest BCUT2D eigenvalue weighted by Gasteiger charge is 2.22. The molecule has 0 atom stereocenters. The predicted octanol–water partition coefficient (Wildman–Crippen LogP) is 3.86. The van der Waals surface area contributed by atoms with Crippen molar-refractivity contribution in [3.8, 4) is 0 Å². The summed E-state index contributed by atoms with van der Waals surface area (Å²) in [7, 11) is 0. The van der Waals surface area contributed by atoms with E-state index in [9.17, 15) is 9.18 Å². The standard InChI is InChI=1S/C20H19FN2O/c1-13-2-7-18-17(12-13)16-8-10-23(11-9-19(16)22-18)20(24)14-3-5-15(21)6-4-14/h2-7,12,22H,8-11H2,1H3. The Bertz CT molecular complexity index is 911. The summed E-state index contributed by atoms with van der Waals surface area (Å²) in [4.78, 5) is 18.0. The van der Waals surface area contributed by atoms with Gasteiger partial charge in [0, 0.05) is 41.7 Å². The second-order valence-corrected chi connectivity index (χ2v) is 6.43. The van der Waals surface area contributed by atoms with Crippen LogP contribution in [0.3, 0.4) is 0 Å². The van der Waals surface area contributed by atoms with Gasteiger partial charge in [0.05, 0.1) is 0 Å². The molecule has 0 spiro atoms. The van der Waals surface area contributed by atoms with Gasteiger partial charge in [0.25, 0.3) is 5.91 Å². The summed E-state index contributed by atoms with van der Waals surface area (Å²) in [5.41, 5.74) is 5.51. The van der Waals surface area contributed by atoms with E-state index in [0.29, 0.717) is 18.7 Å². The van der Waals surface area contributed by atoms with Crippen LogP contribution in [0.25, 0.3) is 10.9 Å². The number of carbonyl (C=O) groups excluding carboxylic acids is 1. The Labute approximate surface area is 140 Å². The van der Waals surface area contributed by atoms with Gasteiger partial charge in [-0.25, -0.2) is 4.39 Å². The second-order valence-electron chi connectivity index (χ2n) is 6.43. The van der Waals surface area contributed by atoms with Crippen molar-refractivity contribution in [2.24, 2.45) is 0 Å². The minimum Gasteiger partial charge on any atom is -0.358 e. The number of rotatable bonds is 1. The first-order valence-corrected chi connectivity index (χ1v) is 8.27. The number of aromatic amines is 1. The number of aryl methyl sites for hydroxylation is 1. The highest BCUT2D eigenvalue weighted by atomic mass is 19.1. The summed E-state index contributed by atoms with van der Waals surface area (Å²) in [5, 5.41) is 1.26. The topological polar surface area (TPSA) is 36.1 Å². The molecule has 24 heavy (non-hydrogen) atoms. The number of nitrogens with one attached hydrogen (secondary N) is 1. The van der Waals surface area contributed by atoms with Gasteiger partial charge in [0.1, 0.15) is 5.82 Å². The maximum absolute atomic E-state index is 13.0. The Morgan fingerprint density at radius 1 is 1.08 bits per heavy atom. The van der Waals surface area contributed by atoms with Crippen LogP contribution >= 0.6 is 0 Å². The lowest BCUT2D eigenvalue weighted by atomic mass is 10.1. The summed E-state index contributed by atoms with van der Waals surface area (Å²) in [6.45, 7) is 3.46. The Morgan fingerprint density at radius 3 is 2.62 bits per heavy atom. The van der Waals surface area contributed by atoms with Gasteiger partial charge in [-0.3, -0.25) is 4.79 Å². The molecule has 0 aliphatic carbocycles. The fraction of sp³-hybridized carbons (Fsp3) is 0.250. The molecule has 2 aromatic carbocycles. The molecule has 0 radical (unpaired) electrons. The van der Waals surface area contributed by atoms with Crippen molar-refractivity contribution in [2.45, 2.75) is 19.8 Å². The molecule has 4 rings (SSSR count). The Balaban J connectivity index is 1.59. The lowest BCUT2D eigenvalue weighted by Gasteiger charge is -2.20. The zero-order valence-electron chi connectivity index (χ0n) is 13.6. The maximum atomic E-state index is 13.0. The molecule has 1 aromatic heterocycles. The highest BCUT2D eigenvalue weighted by molar-refractivity contribution is 5.94. The van der Waals surface area contributed by atoms with E-state index < -0.39 is 0 Å². The zero-order valence-corrected chi connectivity index (χ0v) is 13.6. The van der Waals surface area contributed by atoms with Gasteiger partial charge in [-0.2, -0.15) is 0 Å². The molecule has 0 unspecified atom stereocenters. The molecule has 1 amide bonds. The molecule has 1 aliphatic heterocycles. The fourth-order valence-corrected chi connectivity index (χ4v) is 3.50. The van der Waals surface area contributed by atoms with Crippen molar-refractivity contribution in [3.63, 3.8) is 0 Å². The van der Waals surface area contributed by atoms with Gasteiger partial charge in [-0.05, 0) is 55.3 Å². The third-order valence-electron chi connectivity index (χ3n) is 4.79. The van der Waals surface area contributed by atoms with E-state index in [-0.39, 0.29) is 11.7 Å². The van der Waals surface area contributed by atoms with E-state index in [1.165, 1.54) is 39.9 Å². The molecular weight excluding hydrogens is 303 g/mol. The lowest BCUT2D eigenvalue weighted by Crippen LogP contribution is -2.33. The van der Waals surface area contributed by atoms with Crippen LogP contribution in [0.4, 0.5) is 4.39 Å². The van der Waals surface area contributed by atoms with Crippen molar-refractivity contribution >= 4 is 16.8 Å². The van der Waals surface area contributed by atoms with Crippen molar-refractivity contribution < 1.29 is 9.18 Å². The molecule has 3 nitrogen and oxygen atoms in total. The molecule has 3 aromatic rings. The van der Waals surface area contributed by atoms with Crippen LogP contribution in [0.15, 0.2) is 42.5 Å². The summed E-state index contributed by atoms with van der Waals surface area (Å²) < 4.78 is 13.0. The summed E-state index contributed by atoms with van der Waals surface area (Å²) in [6.07, 6.45) is 1.65. The molecule has 0 saturated heterocycles. The van der Waals surface area contributed by atoms with Crippen LogP contribution in [-0.4, -0.2) is 28.9 Å². The van der Waals surface area contributed by atoms with Gasteiger partial charge in [-0.1, -0.05) is 11.6 Å². The van der Waals surface area contributed by atoms with E-state index in [1.807, 2.05) is 4.90 Å². The largest absolute Gasteiger partial charge is 0.358 e. The van der Waals surface area contributed by atoms with Gasteiger partial charge in [-0.15, -0.1) is 0 Å². The number of carbonyl (C=O) groups is 1. The van der Waals surface area contributed by atoms with E-state index in [4.69, 9.17) is 0 Å². The second kappa shape index (κ2) is 5.78. The van der Waals surface area contributed by atoms with E-state index in [0.717, 1.165) is 12.8 Å². The number of hydrogen-bond donors (Lipinski definition) is 1. The van der Waals surface area contributed by atoms with Crippen LogP contribution in [0.1, 0.15) is 27.2 Å².